The average Bonchev–Trinajstić information content (AvgIpc) is 2.69. The average molecular weight is 366 g/mol. The summed E-state index contributed by atoms with van der Waals surface area (Å²) in [5.41, 5.74) is 1.07. The Morgan fingerprint density at radius 1 is 0.963 bits per heavy atom. The summed E-state index contributed by atoms with van der Waals surface area (Å²) in [6, 6.07) is 19.1. The van der Waals surface area contributed by atoms with Crippen LogP contribution in [0.4, 0.5) is 0 Å². The van der Waals surface area contributed by atoms with Crippen molar-refractivity contribution in [3.63, 3.8) is 0 Å². The Kier molecular flexibility index (Phi) is 6.47. The first-order valence-corrected chi connectivity index (χ1v) is 9.41. The number of hydrogen-bond acceptors (Lipinski definition) is 3. The highest BCUT2D eigenvalue weighted by Crippen LogP contribution is 2.17. The Hall–Kier alpha value is -2.82. The number of carbonyl (C=O) groups is 2. The minimum absolute atomic E-state index is 0.0130. The predicted octanol–water partition coefficient (Wildman–Crippen LogP) is 2.76. The highest BCUT2D eigenvalue weighted by molar-refractivity contribution is 5.94. The van der Waals surface area contributed by atoms with E-state index in [2.05, 4.69) is 0 Å². The molecular weight excluding hydrogens is 340 g/mol. The van der Waals surface area contributed by atoms with Crippen LogP contribution >= 0.6 is 0 Å². The van der Waals surface area contributed by atoms with Crippen molar-refractivity contribution in [2.24, 2.45) is 0 Å². The maximum atomic E-state index is 12.7. The van der Waals surface area contributed by atoms with Gasteiger partial charge in [0, 0.05) is 20.0 Å². The third kappa shape index (κ3) is 5.09. The van der Waals surface area contributed by atoms with Crippen LogP contribution < -0.4 is 4.74 Å². The van der Waals surface area contributed by atoms with Crippen molar-refractivity contribution in [1.82, 2.24) is 9.80 Å². The largest absolute Gasteiger partial charge is 0.494 e. The van der Waals surface area contributed by atoms with Crippen LogP contribution in [0.15, 0.2) is 60.7 Å². The Morgan fingerprint density at radius 2 is 1.63 bits per heavy atom. The fraction of sp³-hybridized carbons (Fsp3) is 0.364. The molecule has 0 unspecified atom stereocenters. The lowest BCUT2D eigenvalue weighted by atomic mass is 10.0. The zero-order valence-corrected chi connectivity index (χ0v) is 15.7. The summed E-state index contributed by atoms with van der Waals surface area (Å²) < 4.78 is 5.70. The molecule has 5 nitrogen and oxygen atoms in total. The van der Waals surface area contributed by atoms with E-state index >= 15 is 0 Å². The first-order chi connectivity index (χ1) is 13.1. The first kappa shape index (κ1) is 19.0. The van der Waals surface area contributed by atoms with Crippen LogP contribution in [0.25, 0.3) is 0 Å². The number of ether oxygens (including phenoxy) is 1. The maximum absolute atomic E-state index is 12.7. The summed E-state index contributed by atoms with van der Waals surface area (Å²) in [5.74, 6) is 0.881. The number of amides is 2. The van der Waals surface area contributed by atoms with Gasteiger partial charge in [0.05, 0.1) is 13.2 Å². The smallest absolute Gasteiger partial charge is 0.245 e. The number of piperazine rings is 1. The number of likely N-dealkylation sites (N-methyl/N-ethyl adjacent to an activating group) is 1. The van der Waals surface area contributed by atoms with E-state index in [0.717, 1.165) is 24.2 Å². The molecule has 0 aromatic heterocycles. The molecule has 0 radical (unpaired) electrons. The third-order valence-electron chi connectivity index (χ3n) is 4.81. The van der Waals surface area contributed by atoms with E-state index in [4.69, 9.17) is 4.74 Å². The zero-order chi connectivity index (χ0) is 19.1. The number of carbonyl (C=O) groups excluding carboxylic acids is 2. The molecule has 2 aromatic carbocycles. The standard InChI is InChI=1S/C22H26N2O3/c1-23-17-21(25)24(14-8-9-15-27-19-12-6-3-7-13-19)20(22(23)26)16-18-10-4-2-5-11-18/h2-7,10-13,20H,8-9,14-17H2,1H3/t20-/m0/s1. The number of hydrogen-bond donors (Lipinski definition) is 0. The lowest BCUT2D eigenvalue weighted by molar-refractivity contribution is -0.154. The highest BCUT2D eigenvalue weighted by atomic mass is 16.5. The minimum Gasteiger partial charge on any atom is -0.494 e. The van der Waals surface area contributed by atoms with E-state index in [-0.39, 0.29) is 18.4 Å². The molecule has 2 amide bonds. The fourth-order valence-corrected chi connectivity index (χ4v) is 3.34. The second kappa shape index (κ2) is 9.21. The zero-order valence-electron chi connectivity index (χ0n) is 15.7. The molecule has 1 aliphatic heterocycles. The van der Waals surface area contributed by atoms with Crippen LogP contribution in [0.5, 0.6) is 5.75 Å². The van der Waals surface area contributed by atoms with Gasteiger partial charge < -0.3 is 14.5 Å². The van der Waals surface area contributed by atoms with Gasteiger partial charge in [-0.05, 0) is 30.5 Å². The first-order valence-electron chi connectivity index (χ1n) is 9.41. The molecule has 0 saturated carbocycles. The summed E-state index contributed by atoms with van der Waals surface area (Å²) >= 11 is 0. The van der Waals surface area contributed by atoms with Gasteiger partial charge in [-0.25, -0.2) is 0 Å². The van der Waals surface area contributed by atoms with E-state index in [9.17, 15) is 9.59 Å². The van der Waals surface area contributed by atoms with Crippen LogP contribution in [0.2, 0.25) is 0 Å². The molecule has 0 N–H and O–H groups in total. The fourth-order valence-electron chi connectivity index (χ4n) is 3.34. The SMILES string of the molecule is CN1CC(=O)N(CCCCOc2ccccc2)[C@@H](Cc2ccccc2)C1=O. The highest BCUT2D eigenvalue weighted by Gasteiger charge is 2.37. The Bertz CT molecular complexity index is 749. The molecule has 27 heavy (non-hydrogen) atoms. The van der Waals surface area contributed by atoms with E-state index in [1.54, 1.807) is 11.9 Å². The number of para-hydroxylation sites is 1. The summed E-state index contributed by atoms with van der Waals surface area (Å²) in [4.78, 5) is 28.5. The van der Waals surface area contributed by atoms with Crippen molar-refractivity contribution in [1.29, 1.82) is 0 Å². The van der Waals surface area contributed by atoms with Gasteiger partial charge in [0.1, 0.15) is 11.8 Å². The van der Waals surface area contributed by atoms with Crippen molar-refractivity contribution >= 4 is 11.8 Å². The number of rotatable bonds is 8. The van der Waals surface area contributed by atoms with Crippen LogP contribution in [-0.2, 0) is 16.0 Å². The molecule has 1 heterocycles. The summed E-state index contributed by atoms with van der Waals surface area (Å²) in [5, 5.41) is 0. The molecular formula is C22H26N2O3. The molecule has 1 fully saturated rings. The number of nitrogens with zero attached hydrogens (tertiary/aromatic N) is 2. The van der Waals surface area contributed by atoms with Crippen LogP contribution in [0.1, 0.15) is 18.4 Å². The molecule has 1 atom stereocenters. The molecule has 0 bridgehead atoms. The molecule has 0 spiro atoms. The van der Waals surface area contributed by atoms with E-state index in [1.807, 2.05) is 60.7 Å². The van der Waals surface area contributed by atoms with Gasteiger partial charge >= 0.3 is 0 Å². The van der Waals surface area contributed by atoms with Crippen LogP contribution in [0, 0.1) is 0 Å². The van der Waals surface area contributed by atoms with Gasteiger partial charge in [0.25, 0.3) is 0 Å². The molecule has 0 aliphatic carbocycles. The monoisotopic (exact) mass is 366 g/mol. The van der Waals surface area contributed by atoms with E-state index in [0.29, 0.717) is 19.6 Å². The van der Waals surface area contributed by atoms with E-state index in [1.165, 1.54) is 4.90 Å². The second-order valence-electron chi connectivity index (χ2n) is 6.86. The third-order valence-corrected chi connectivity index (χ3v) is 4.81. The van der Waals surface area contributed by atoms with Crippen molar-refractivity contribution < 1.29 is 14.3 Å². The molecule has 142 valence electrons. The Balaban J connectivity index is 1.55. The number of unbranched alkanes of at least 4 members (excludes halogenated alkanes) is 1. The normalized spacial score (nSPS) is 17.3. The molecule has 2 aromatic rings. The summed E-state index contributed by atoms with van der Waals surface area (Å²) in [7, 11) is 1.70. The molecule has 5 heteroatoms. The Labute approximate surface area is 160 Å². The quantitative estimate of drug-likeness (QED) is 0.675. The summed E-state index contributed by atoms with van der Waals surface area (Å²) in [6.45, 7) is 1.34. The van der Waals surface area contributed by atoms with Gasteiger partial charge in [-0.3, -0.25) is 9.59 Å². The molecule has 1 saturated heterocycles. The summed E-state index contributed by atoms with van der Waals surface area (Å²) in [6.07, 6.45) is 2.19. The van der Waals surface area contributed by atoms with Gasteiger partial charge in [0.2, 0.25) is 11.8 Å². The van der Waals surface area contributed by atoms with Crippen LogP contribution in [0.3, 0.4) is 0 Å². The van der Waals surface area contributed by atoms with Gasteiger partial charge in [0.15, 0.2) is 0 Å². The van der Waals surface area contributed by atoms with E-state index < -0.39 is 6.04 Å². The minimum atomic E-state index is -0.423. The van der Waals surface area contributed by atoms with Crippen molar-refractivity contribution in [3.05, 3.63) is 66.2 Å². The van der Waals surface area contributed by atoms with Crippen molar-refractivity contribution in [3.8, 4) is 5.75 Å². The lowest BCUT2D eigenvalue weighted by Gasteiger charge is -2.39. The second-order valence-corrected chi connectivity index (χ2v) is 6.86. The number of benzene rings is 2. The Morgan fingerprint density at radius 3 is 2.33 bits per heavy atom. The maximum Gasteiger partial charge on any atom is 0.245 e. The molecule has 1 aliphatic rings. The van der Waals surface area contributed by atoms with Gasteiger partial charge in [-0.15, -0.1) is 0 Å². The van der Waals surface area contributed by atoms with Crippen molar-refractivity contribution in [2.75, 3.05) is 26.7 Å². The predicted molar refractivity (Wildman–Crippen MR) is 104 cm³/mol. The lowest BCUT2D eigenvalue weighted by Crippen LogP contribution is -2.59. The molecule has 3 rings (SSSR count). The van der Waals surface area contributed by atoms with Crippen molar-refractivity contribution in [2.45, 2.75) is 25.3 Å². The van der Waals surface area contributed by atoms with Gasteiger partial charge in [-0.1, -0.05) is 48.5 Å². The van der Waals surface area contributed by atoms with Gasteiger partial charge in [-0.2, -0.15) is 0 Å². The van der Waals surface area contributed by atoms with Crippen LogP contribution in [-0.4, -0.2) is 54.4 Å². The topological polar surface area (TPSA) is 49.9 Å².